The highest BCUT2D eigenvalue weighted by Gasteiger charge is 2.24. The van der Waals surface area contributed by atoms with E-state index < -0.39 is 0 Å². The van der Waals surface area contributed by atoms with Gasteiger partial charge in [0.1, 0.15) is 11.5 Å². The maximum atomic E-state index is 12.9. The van der Waals surface area contributed by atoms with Crippen molar-refractivity contribution in [2.75, 3.05) is 50.6 Å². The molecule has 1 heterocycles. The van der Waals surface area contributed by atoms with Crippen molar-refractivity contribution in [1.82, 2.24) is 4.90 Å². The fourth-order valence-electron chi connectivity index (χ4n) is 4.12. The normalized spacial score (nSPS) is 13.4. The van der Waals surface area contributed by atoms with Gasteiger partial charge in [-0.1, -0.05) is 29.8 Å². The Kier molecular flexibility index (Phi) is 7.46. The number of benzene rings is 3. The van der Waals surface area contributed by atoms with E-state index in [1.807, 2.05) is 48.2 Å². The molecule has 182 valence electrons. The van der Waals surface area contributed by atoms with E-state index in [4.69, 9.17) is 21.1 Å². The van der Waals surface area contributed by atoms with E-state index in [0.29, 0.717) is 54.0 Å². The minimum absolute atomic E-state index is 0.0566. The smallest absolute Gasteiger partial charge is 0.255 e. The van der Waals surface area contributed by atoms with Crippen LogP contribution in [0.2, 0.25) is 5.02 Å². The lowest BCUT2D eigenvalue weighted by atomic mass is 10.1. The first-order valence-corrected chi connectivity index (χ1v) is 11.7. The highest BCUT2D eigenvalue weighted by molar-refractivity contribution is 6.33. The van der Waals surface area contributed by atoms with Crippen LogP contribution < -0.4 is 19.7 Å². The number of hydrogen-bond donors (Lipinski definition) is 1. The van der Waals surface area contributed by atoms with Crippen LogP contribution >= 0.6 is 11.6 Å². The summed E-state index contributed by atoms with van der Waals surface area (Å²) in [7, 11) is 3.07. The Morgan fingerprint density at radius 2 is 1.54 bits per heavy atom. The predicted octanol–water partition coefficient (Wildman–Crippen LogP) is 4.88. The second-order valence-corrected chi connectivity index (χ2v) is 8.72. The molecule has 8 heteroatoms. The van der Waals surface area contributed by atoms with Crippen molar-refractivity contribution in [3.05, 3.63) is 82.4 Å². The average molecular weight is 494 g/mol. The summed E-state index contributed by atoms with van der Waals surface area (Å²) < 4.78 is 10.5. The molecule has 0 spiro atoms. The molecular weight excluding hydrogens is 466 g/mol. The maximum absolute atomic E-state index is 12.9. The molecular formula is C27H28ClN3O4. The second kappa shape index (κ2) is 10.7. The summed E-state index contributed by atoms with van der Waals surface area (Å²) in [6.45, 7) is 4.52. The molecule has 0 bridgehead atoms. The molecule has 1 fully saturated rings. The monoisotopic (exact) mass is 493 g/mol. The van der Waals surface area contributed by atoms with Crippen LogP contribution in [0, 0.1) is 6.92 Å². The molecule has 7 nitrogen and oxygen atoms in total. The zero-order valence-electron chi connectivity index (χ0n) is 20.0. The molecule has 0 radical (unpaired) electrons. The van der Waals surface area contributed by atoms with Crippen LogP contribution in [0.25, 0.3) is 0 Å². The van der Waals surface area contributed by atoms with Crippen molar-refractivity contribution in [2.45, 2.75) is 6.92 Å². The first-order chi connectivity index (χ1) is 16.9. The van der Waals surface area contributed by atoms with Crippen molar-refractivity contribution >= 4 is 34.8 Å². The number of ether oxygens (including phenoxy) is 2. The Hall–Kier alpha value is -3.71. The van der Waals surface area contributed by atoms with E-state index in [1.54, 1.807) is 24.3 Å². The number of piperazine rings is 1. The molecule has 1 aliphatic heterocycles. The molecule has 2 amide bonds. The van der Waals surface area contributed by atoms with Crippen LogP contribution in [-0.4, -0.2) is 57.1 Å². The van der Waals surface area contributed by atoms with E-state index in [-0.39, 0.29) is 11.8 Å². The number of anilines is 2. The zero-order chi connectivity index (χ0) is 24.9. The maximum Gasteiger partial charge on any atom is 0.255 e. The standard InChI is InChI=1S/C27H28ClN3O4/c1-18-6-4-5-7-23(18)27(33)31-12-10-30(11-13-31)25-9-8-20(16-24(25)28)29-26(32)19-14-21(34-2)17-22(15-19)35-3/h4-9,14-17H,10-13H2,1-3H3,(H,29,32). The number of nitrogens with zero attached hydrogens (tertiary/aromatic N) is 2. The molecule has 3 aromatic carbocycles. The number of methoxy groups -OCH3 is 2. The van der Waals surface area contributed by atoms with Crippen molar-refractivity contribution in [1.29, 1.82) is 0 Å². The highest BCUT2D eigenvalue weighted by atomic mass is 35.5. The van der Waals surface area contributed by atoms with Crippen LogP contribution in [0.1, 0.15) is 26.3 Å². The zero-order valence-corrected chi connectivity index (χ0v) is 20.8. The lowest BCUT2D eigenvalue weighted by Gasteiger charge is -2.36. The van der Waals surface area contributed by atoms with Gasteiger partial charge < -0.3 is 24.6 Å². The lowest BCUT2D eigenvalue weighted by molar-refractivity contribution is 0.0746. The Morgan fingerprint density at radius 3 is 2.14 bits per heavy atom. The van der Waals surface area contributed by atoms with Crippen molar-refractivity contribution in [3.8, 4) is 11.5 Å². The molecule has 0 unspecified atom stereocenters. The van der Waals surface area contributed by atoms with Crippen molar-refractivity contribution in [2.24, 2.45) is 0 Å². The van der Waals surface area contributed by atoms with Gasteiger partial charge in [-0.3, -0.25) is 9.59 Å². The molecule has 4 rings (SSSR count). The van der Waals surface area contributed by atoms with Gasteiger partial charge in [-0.25, -0.2) is 0 Å². The fourth-order valence-corrected chi connectivity index (χ4v) is 4.42. The van der Waals surface area contributed by atoms with Crippen LogP contribution in [0.15, 0.2) is 60.7 Å². The third kappa shape index (κ3) is 5.52. The second-order valence-electron chi connectivity index (χ2n) is 8.32. The quantitative estimate of drug-likeness (QED) is 0.530. The number of hydrogen-bond acceptors (Lipinski definition) is 5. The molecule has 1 N–H and O–H groups in total. The first-order valence-electron chi connectivity index (χ1n) is 11.3. The molecule has 0 atom stereocenters. The Morgan fingerprint density at radius 1 is 0.886 bits per heavy atom. The molecule has 0 aliphatic carbocycles. The summed E-state index contributed by atoms with van der Waals surface area (Å²) in [5.74, 6) is 0.821. The van der Waals surface area contributed by atoms with Gasteiger partial charge in [0, 0.05) is 49.1 Å². The summed E-state index contributed by atoms with van der Waals surface area (Å²) in [6, 6.07) is 18.1. The third-order valence-electron chi connectivity index (χ3n) is 6.10. The molecule has 35 heavy (non-hydrogen) atoms. The number of nitrogens with one attached hydrogen (secondary N) is 1. The van der Waals surface area contributed by atoms with Gasteiger partial charge in [0.15, 0.2) is 0 Å². The topological polar surface area (TPSA) is 71.1 Å². The number of rotatable bonds is 6. The van der Waals surface area contributed by atoms with Gasteiger partial charge >= 0.3 is 0 Å². The highest BCUT2D eigenvalue weighted by Crippen LogP contribution is 2.31. The first kappa shape index (κ1) is 24.4. The molecule has 1 saturated heterocycles. The SMILES string of the molecule is COc1cc(OC)cc(C(=O)Nc2ccc(N3CCN(C(=O)c4ccccc4C)CC3)c(Cl)c2)c1. The predicted molar refractivity (Wildman–Crippen MR) is 138 cm³/mol. The van der Waals surface area contributed by atoms with Gasteiger partial charge in [-0.15, -0.1) is 0 Å². The minimum Gasteiger partial charge on any atom is -0.497 e. The fraction of sp³-hybridized carbons (Fsp3) is 0.259. The Balaban J connectivity index is 1.40. The van der Waals surface area contributed by atoms with Gasteiger partial charge in [0.05, 0.1) is 24.9 Å². The lowest BCUT2D eigenvalue weighted by Crippen LogP contribution is -2.49. The number of halogens is 1. The van der Waals surface area contributed by atoms with E-state index >= 15 is 0 Å². The largest absolute Gasteiger partial charge is 0.497 e. The summed E-state index contributed by atoms with van der Waals surface area (Å²) in [5.41, 5.74) is 3.59. The molecule has 0 aromatic heterocycles. The molecule has 3 aromatic rings. The number of carbonyl (C=O) groups is 2. The van der Waals surface area contributed by atoms with Gasteiger partial charge in [0.25, 0.3) is 11.8 Å². The van der Waals surface area contributed by atoms with Gasteiger partial charge in [-0.2, -0.15) is 0 Å². The summed E-state index contributed by atoms with van der Waals surface area (Å²) >= 11 is 6.59. The van der Waals surface area contributed by atoms with E-state index in [0.717, 1.165) is 16.8 Å². The summed E-state index contributed by atoms with van der Waals surface area (Å²) in [6.07, 6.45) is 0. The van der Waals surface area contributed by atoms with Crippen LogP contribution in [0.4, 0.5) is 11.4 Å². The van der Waals surface area contributed by atoms with Gasteiger partial charge in [0.2, 0.25) is 0 Å². The molecule has 1 aliphatic rings. The van der Waals surface area contributed by atoms with Crippen LogP contribution in [0.3, 0.4) is 0 Å². The van der Waals surface area contributed by atoms with Gasteiger partial charge in [-0.05, 0) is 48.9 Å². The summed E-state index contributed by atoms with van der Waals surface area (Å²) in [4.78, 5) is 29.7. The van der Waals surface area contributed by atoms with E-state index in [9.17, 15) is 9.59 Å². The number of amides is 2. The summed E-state index contributed by atoms with van der Waals surface area (Å²) in [5, 5.41) is 3.40. The third-order valence-corrected chi connectivity index (χ3v) is 6.40. The minimum atomic E-state index is -0.297. The number of carbonyl (C=O) groups excluding carboxylic acids is 2. The number of aryl methyl sites for hydroxylation is 1. The Labute approximate surface area is 210 Å². The van der Waals surface area contributed by atoms with E-state index in [2.05, 4.69) is 10.2 Å². The van der Waals surface area contributed by atoms with E-state index in [1.165, 1.54) is 14.2 Å². The molecule has 0 saturated carbocycles. The van der Waals surface area contributed by atoms with Crippen molar-refractivity contribution in [3.63, 3.8) is 0 Å². The average Bonchev–Trinajstić information content (AvgIpc) is 2.88. The van der Waals surface area contributed by atoms with Crippen molar-refractivity contribution < 1.29 is 19.1 Å². The van der Waals surface area contributed by atoms with Crippen LogP contribution in [-0.2, 0) is 0 Å². The van der Waals surface area contributed by atoms with Crippen LogP contribution in [0.5, 0.6) is 11.5 Å². The Bertz CT molecular complexity index is 1220.